The number of nitrogens with two attached hydrogens (primary N) is 1. The predicted molar refractivity (Wildman–Crippen MR) is 128 cm³/mol. The number of halogens is 1. The van der Waals surface area contributed by atoms with Crippen LogP contribution >= 0.6 is 11.8 Å². The number of thioether (sulfide) groups is 1. The number of benzene rings is 2. The van der Waals surface area contributed by atoms with Gasteiger partial charge in [-0.15, -0.1) is 10.2 Å². The van der Waals surface area contributed by atoms with E-state index >= 15 is 0 Å². The van der Waals surface area contributed by atoms with Crippen molar-refractivity contribution in [3.63, 3.8) is 0 Å². The lowest BCUT2D eigenvalue weighted by atomic mass is 10.2. The minimum atomic E-state index is -0.349. The van der Waals surface area contributed by atoms with Gasteiger partial charge in [0.25, 0.3) is 0 Å². The van der Waals surface area contributed by atoms with Crippen molar-refractivity contribution < 1.29 is 18.7 Å². The van der Waals surface area contributed by atoms with Crippen molar-refractivity contribution in [3.8, 4) is 17.2 Å². The molecule has 2 N–H and O–H groups in total. The van der Waals surface area contributed by atoms with Crippen LogP contribution in [-0.4, -0.2) is 38.1 Å². The third kappa shape index (κ3) is 4.76. The van der Waals surface area contributed by atoms with E-state index in [0.717, 1.165) is 5.69 Å². The fourth-order valence-corrected chi connectivity index (χ4v) is 4.36. The Morgan fingerprint density at radius 1 is 1.09 bits per heavy atom. The molecule has 0 fully saturated rings. The third-order valence-electron chi connectivity index (χ3n) is 5.30. The summed E-state index contributed by atoms with van der Waals surface area (Å²) in [4.78, 5) is 12.9. The van der Waals surface area contributed by atoms with Gasteiger partial charge in [0, 0.05) is 23.0 Å². The maximum Gasteiger partial charge on any atom is 0.210 e. The quantitative estimate of drug-likeness (QED) is 0.218. The second-order valence-electron chi connectivity index (χ2n) is 7.52. The first-order chi connectivity index (χ1) is 16.4. The van der Waals surface area contributed by atoms with E-state index in [9.17, 15) is 9.18 Å². The Kier molecular flexibility index (Phi) is 6.87. The highest BCUT2D eigenvalue weighted by Gasteiger charge is 2.20. The summed E-state index contributed by atoms with van der Waals surface area (Å²) in [7, 11) is 1.58. The van der Waals surface area contributed by atoms with Crippen molar-refractivity contribution in [2.45, 2.75) is 25.6 Å². The highest BCUT2D eigenvalue weighted by molar-refractivity contribution is 7.99. The van der Waals surface area contributed by atoms with Crippen LogP contribution in [0.4, 0.5) is 4.39 Å². The molecule has 4 aromatic rings. The average molecular weight is 482 g/mol. The van der Waals surface area contributed by atoms with Crippen LogP contribution in [0.2, 0.25) is 0 Å². The fraction of sp³-hybridized carbons (Fsp3) is 0.208. The minimum Gasteiger partial charge on any atom is -0.497 e. The number of aromatic nitrogens is 4. The van der Waals surface area contributed by atoms with E-state index in [0.29, 0.717) is 39.4 Å². The lowest BCUT2D eigenvalue weighted by Gasteiger charge is -2.10. The Bertz CT molecular complexity index is 1330. The summed E-state index contributed by atoms with van der Waals surface area (Å²) in [5.41, 5.74) is 2.38. The van der Waals surface area contributed by atoms with Gasteiger partial charge >= 0.3 is 0 Å². The second-order valence-corrected chi connectivity index (χ2v) is 8.46. The molecule has 2 aromatic heterocycles. The van der Waals surface area contributed by atoms with Crippen molar-refractivity contribution in [3.05, 3.63) is 83.2 Å². The summed E-state index contributed by atoms with van der Waals surface area (Å²) >= 11 is 1.18. The number of ether oxygens (including phenoxy) is 2. The molecular formula is C24H24FN5O3S. The average Bonchev–Trinajstić information content (AvgIpc) is 3.34. The van der Waals surface area contributed by atoms with Gasteiger partial charge < -0.3 is 19.9 Å². The predicted octanol–water partition coefficient (Wildman–Crippen LogP) is 4.10. The minimum absolute atomic E-state index is 0.105. The highest BCUT2D eigenvalue weighted by Crippen LogP contribution is 2.25. The number of para-hydroxylation sites is 1. The Labute approximate surface area is 200 Å². The SMILES string of the molecule is COc1cccc(OCc2nnc(SCC(=O)c3cc(C)n(-c4ccccc4F)c3C)n2N)c1. The van der Waals surface area contributed by atoms with E-state index < -0.39 is 0 Å². The number of hydrogen-bond acceptors (Lipinski definition) is 7. The molecule has 0 unspecified atom stereocenters. The number of methoxy groups -OCH3 is 1. The molecule has 0 aliphatic carbocycles. The van der Waals surface area contributed by atoms with E-state index in [1.54, 1.807) is 55.0 Å². The standard InChI is InChI=1S/C24H24FN5O3S/c1-15-11-19(16(2)29(15)21-10-5-4-9-20(21)25)22(31)14-34-24-28-27-23(30(24)26)13-33-18-8-6-7-17(12-18)32-3/h4-12H,13-14,26H2,1-3H3. The summed E-state index contributed by atoms with van der Waals surface area (Å²) in [6.45, 7) is 3.75. The number of rotatable bonds is 9. The summed E-state index contributed by atoms with van der Waals surface area (Å²) in [5, 5.41) is 8.52. The summed E-state index contributed by atoms with van der Waals surface area (Å²) < 4.78 is 28.3. The van der Waals surface area contributed by atoms with Crippen LogP contribution in [-0.2, 0) is 6.61 Å². The van der Waals surface area contributed by atoms with Gasteiger partial charge in [0.1, 0.15) is 23.9 Å². The zero-order valence-electron chi connectivity index (χ0n) is 19.0. The van der Waals surface area contributed by atoms with Crippen molar-refractivity contribution in [1.29, 1.82) is 0 Å². The molecule has 0 saturated carbocycles. The first kappa shape index (κ1) is 23.4. The molecule has 0 aliphatic rings. The number of nitrogens with zero attached hydrogens (tertiary/aromatic N) is 4. The molecule has 0 radical (unpaired) electrons. The zero-order valence-corrected chi connectivity index (χ0v) is 19.8. The van der Waals surface area contributed by atoms with Gasteiger partial charge in [-0.05, 0) is 44.2 Å². The maximum atomic E-state index is 14.3. The molecule has 0 spiro atoms. The molecule has 0 bridgehead atoms. The first-order valence-electron chi connectivity index (χ1n) is 10.4. The van der Waals surface area contributed by atoms with Gasteiger partial charge in [0.05, 0.1) is 18.6 Å². The van der Waals surface area contributed by atoms with Gasteiger partial charge in [-0.1, -0.05) is 30.0 Å². The topological polar surface area (TPSA) is 97.2 Å². The molecule has 2 aromatic carbocycles. The van der Waals surface area contributed by atoms with Crippen LogP contribution in [0.25, 0.3) is 5.69 Å². The van der Waals surface area contributed by atoms with E-state index in [4.69, 9.17) is 15.3 Å². The molecule has 176 valence electrons. The summed E-state index contributed by atoms with van der Waals surface area (Å²) in [6, 6.07) is 15.4. The molecule has 2 heterocycles. The zero-order chi connectivity index (χ0) is 24.2. The van der Waals surface area contributed by atoms with Crippen LogP contribution in [0.1, 0.15) is 27.6 Å². The normalized spacial score (nSPS) is 10.9. The largest absolute Gasteiger partial charge is 0.497 e. The number of ketones is 1. The van der Waals surface area contributed by atoms with E-state index in [2.05, 4.69) is 10.2 Å². The summed E-state index contributed by atoms with van der Waals surface area (Å²) in [6.07, 6.45) is 0. The molecule has 0 saturated heterocycles. The van der Waals surface area contributed by atoms with Gasteiger partial charge in [-0.2, -0.15) is 0 Å². The number of nitrogen functional groups attached to an aromatic ring is 1. The van der Waals surface area contributed by atoms with Crippen LogP contribution < -0.4 is 15.3 Å². The Hall–Kier alpha value is -3.79. The van der Waals surface area contributed by atoms with Gasteiger partial charge in [0.15, 0.2) is 11.6 Å². The Balaban J connectivity index is 1.42. The van der Waals surface area contributed by atoms with E-state index in [1.807, 2.05) is 19.1 Å². The number of aryl methyl sites for hydroxylation is 1. The lowest BCUT2D eigenvalue weighted by molar-refractivity contribution is 0.102. The number of hydrogen-bond donors (Lipinski definition) is 1. The van der Waals surface area contributed by atoms with Crippen molar-refractivity contribution in [2.75, 3.05) is 18.7 Å². The number of carbonyl (C=O) groups excluding carboxylic acids is 1. The molecule has 4 rings (SSSR count). The number of Topliss-reactive ketones (excluding diaryl/α,β-unsaturated/α-hetero) is 1. The van der Waals surface area contributed by atoms with Crippen LogP contribution in [0, 0.1) is 19.7 Å². The monoisotopic (exact) mass is 481 g/mol. The summed E-state index contributed by atoms with van der Waals surface area (Å²) in [5.74, 6) is 7.45. The van der Waals surface area contributed by atoms with Crippen LogP contribution in [0.15, 0.2) is 59.8 Å². The smallest absolute Gasteiger partial charge is 0.210 e. The van der Waals surface area contributed by atoms with Gasteiger partial charge in [0.2, 0.25) is 5.16 Å². The Morgan fingerprint density at radius 2 is 1.85 bits per heavy atom. The van der Waals surface area contributed by atoms with Crippen molar-refractivity contribution >= 4 is 17.5 Å². The second kappa shape index (κ2) is 10.0. The molecule has 10 heteroatoms. The molecule has 8 nitrogen and oxygen atoms in total. The lowest BCUT2D eigenvalue weighted by Crippen LogP contribution is -2.16. The highest BCUT2D eigenvalue weighted by atomic mass is 32.2. The van der Waals surface area contributed by atoms with Gasteiger partial charge in [-0.3, -0.25) is 4.79 Å². The Morgan fingerprint density at radius 3 is 2.62 bits per heavy atom. The molecular weight excluding hydrogens is 457 g/mol. The number of carbonyl (C=O) groups is 1. The molecule has 0 aliphatic heterocycles. The van der Waals surface area contributed by atoms with Crippen molar-refractivity contribution in [2.24, 2.45) is 0 Å². The fourth-order valence-electron chi connectivity index (χ4n) is 3.60. The third-order valence-corrected chi connectivity index (χ3v) is 6.24. The molecule has 0 amide bonds. The van der Waals surface area contributed by atoms with Crippen molar-refractivity contribution in [1.82, 2.24) is 19.4 Å². The van der Waals surface area contributed by atoms with Crippen LogP contribution in [0.3, 0.4) is 0 Å². The van der Waals surface area contributed by atoms with E-state index in [-0.39, 0.29) is 24.0 Å². The van der Waals surface area contributed by atoms with E-state index in [1.165, 1.54) is 22.5 Å². The molecule has 34 heavy (non-hydrogen) atoms. The van der Waals surface area contributed by atoms with Crippen LogP contribution in [0.5, 0.6) is 11.5 Å². The first-order valence-corrected chi connectivity index (χ1v) is 11.4. The maximum absolute atomic E-state index is 14.3. The van der Waals surface area contributed by atoms with Gasteiger partial charge in [-0.25, -0.2) is 9.07 Å². The molecule has 0 atom stereocenters.